The van der Waals surface area contributed by atoms with Crippen molar-refractivity contribution in [2.24, 2.45) is 0 Å². The average molecular weight is 332 g/mol. The molecule has 22 heavy (non-hydrogen) atoms. The molecule has 0 unspecified atom stereocenters. The van der Waals surface area contributed by atoms with Crippen molar-refractivity contribution in [3.05, 3.63) is 29.3 Å². The van der Waals surface area contributed by atoms with Crippen LogP contribution in [0.1, 0.15) is 6.92 Å². The van der Waals surface area contributed by atoms with Crippen molar-refractivity contribution in [3.8, 4) is 0 Å². The molecule has 0 radical (unpaired) electrons. The van der Waals surface area contributed by atoms with E-state index in [0.29, 0.717) is 10.7 Å². The highest BCUT2D eigenvalue weighted by atomic mass is 35.5. The van der Waals surface area contributed by atoms with Crippen molar-refractivity contribution < 1.29 is 30.0 Å². The minimum Gasteiger partial charge on any atom is -0.394 e. The first-order chi connectivity index (χ1) is 10.4. The molecule has 1 fully saturated rings. The molecular weight excluding hydrogens is 314 g/mol. The predicted molar refractivity (Wildman–Crippen MR) is 78.4 cm³/mol. The number of halogens is 1. The smallest absolute Gasteiger partial charge is 0.224 e. The Hall–Kier alpha value is -1.22. The van der Waals surface area contributed by atoms with Crippen LogP contribution in [0.5, 0.6) is 0 Å². The molecule has 1 saturated heterocycles. The van der Waals surface area contributed by atoms with Gasteiger partial charge in [-0.3, -0.25) is 4.79 Å². The number of anilines is 1. The number of amides is 1. The zero-order valence-electron chi connectivity index (χ0n) is 11.8. The maximum Gasteiger partial charge on any atom is 0.224 e. The number of benzene rings is 1. The number of aliphatic hydroxyl groups is 4. The van der Waals surface area contributed by atoms with E-state index >= 15 is 0 Å². The molecule has 1 aromatic rings. The number of hydrogen-bond donors (Lipinski definition) is 4. The van der Waals surface area contributed by atoms with Gasteiger partial charge in [0.2, 0.25) is 5.91 Å². The Morgan fingerprint density at radius 1 is 1.23 bits per heavy atom. The first-order valence-electron chi connectivity index (χ1n) is 6.72. The van der Waals surface area contributed by atoms with Crippen LogP contribution in [0.4, 0.5) is 5.69 Å². The number of rotatable bonds is 3. The van der Waals surface area contributed by atoms with Gasteiger partial charge in [0.25, 0.3) is 0 Å². The van der Waals surface area contributed by atoms with Crippen molar-refractivity contribution in [3.63, 3.8) is 0 Å². The third kappa shape index (κ3) is 3.24. The van der Waals surface area contributed by atoms with Crippen molar-refractivity contribution in [1.82, 2.24) is 0 Å². The zero-order valence-corrected chi connectivity index (χ0v) is 12.6. The van der Waals surface area contributed by atoms with Crippen LogP contribution in [0, 0.1) is 0 Å². The summed E-state index contributed by atoms with van der Waals surface area (Å²) in [5.41, 5.74) is 0.387. The molecule has 8 heteroatoms. The second kappa shape index (κ2) is 6.91. The maximum atomic E-state index is 12.0. The minimum absolute atomic E-state index is 0.387. The van der Waals surface area contributed by atoms with Crippen LogP contribution in [0.15, 0.2) is 24.3 Å². The van der Waals surface area contributed by atoms with Gasteiger partial charge < -0.3 is 30.1 Å². The third-order valence-electron chi connectivity index (χ3n) is 3.61. The van der Waals surface area contributed by atoms with Gasteiger partial charge in [0.15, 0.2) is 6.29 Å². The van der Waals surface area contributed by atoms with E-state index in [1.54, 1.807) is 24.3 Å². The fourth-order valence-corrected chi connectivity index (χ4v) is 2.65. The van der Waals surface area contributed by atoms with E-state index in [1.807, 2.05) is 0 Å². The molecule has 122 valence electrons. The van der Waals surface area contributed by atoms with Crippen LogP contribution in [0.2, 0.25) is 5.02 Å². The highest BCUT2D eigenvalue weighted by molar-refractivity contribution is 6.30. The highest BCUT2D eigenvalue weighted by Gasteiger charge is 2.47. The van der Waals surface area contributed by atoms with Crippen LogP contribution < -0.4 is 4.90 Å². The standard InChI is InChI=1S/C14H18ClNO6/c1-7(18)16(9-4-2-8(15)3-5-9)11-13(20)12(19)10(6-17)22-14(11)21/h2-5,10-14,17,19-21H,6H2,1H3/t10-,11-,12-,13-,14-/m1/s1. The molecular formula is C14H18ClNO6. The first-order valence-corrected chi connectivity index (χ1v) is 7.10. The topological polar surface area (TPSA) is 110 Å². The van der Waals surface area contributed by atoms with E-state index in [0.717, 1.165) is 4.90 Å². The summed E-state index contributed by atoms with van der Waals surface area (Å²) in [5.74, 6) is -0.455. The molecule has 2 rings (SSSR count). The van der Waals surface area contributed by atoms with Gasteiger partial charge in [-0.05, 0) is 24.3 Å². The molecule has 1 aliphatic rings. The lowest BCUT2D eigenvalue weighted by molar-refractivity contribution is -0.249. The lowest BCUT2D eigenvalue weighted by atomic mass is 9.95. The predicted octanol–water partition coefficient (Wildman–Crippen LogP) is -0.507. The molecule has 1 heterocycles. The molecule has 1 aromatic carbocycles. The number of ether oxygens (including phenoxy) is 1. The van der Waals surface area contributed by atoms with Gasteiger partial charge >= 0.3 is 0 Å². The molecule has 7 nitrogen and oxygen atoms in total. The van der Waals surface area contributed by atoms with Crippen molar-refractivity contribution >= 4 is 23.2 Å². The van der Waals surface area contributed by atoms with E-state index in [1.165, 1.54) is 6.92 Å². The van der Waals surface area contributed by atoms with Gasteiger partial charge in [0, 0.05) is 17.6 Å². The Balaban J connectivity index is 2.35. The Morgan fingerprint density at radius 3 is 2.32 bits per heavy atom. The van der Waals surface area contributed by atoms with Gasteiger partial charge in [0.05, 0.1) is 6.61 Å². The first kappa shape index (κ1) is 17.1. The SMILES string of the molecule is CC(=O)N(c1ccc(Cl)cc1)[C@@H]1[C@@H](O)[C@H](O)[C@@H](CO)O[C@H]1O. The molecule has 0 aliphatic carbocycles. The summed E-state index contributed by atoms with van der Waals surface area (Å²) in [6, 6.07) is 5.00. The summed E-state index contributed by atoms with van der Waals surface area (Å²) >= 11 is 5.81. The number of carbonyl (C=O) groups is 1. The monoisotopic (exact) mass is 331 g/mol. The van der Waals surface area contributed by atoms with Crippen LogP contribution in [-0.2, 0) is 9.53 Å². The van der Waals surface area contributed by atoms with Gasteiger partial charge in [-0.25, -0.2) is 0 Å². The molecule has 0 bridgehead atoms. The normalized spacial score (nSPS) is 31.8. The van der Waals surface area contributed by atoms with Gasteiger partial charge in [-0.2, -0.15) is 0 Å². The van der Waals surface area contributed by atoms with E-state index < -0.39 is 43.2 Å². The Kier molecular flexibility index (Phi) is 5.38. The maximum absolute atomic E-state index is 12.0. The Labute approximate surface area is 132 Å². The van der Waals surface area contributed by atoms with Crippen molar-refractivity contribution in [2.75, 3.05) is 11.5 Å². The van der Waals surface area contributed by atoms with Crippen molar-refractivity contribution in [1.29, 1.82) is 0 Å². The summed E-state index contributed by atoms with van der Waals surface area (Å²) in [6.07, 6.45) is -5.61. The number of carbonyl (C=O) groups excluding carboxylic acids is 1. The summed E-state index contributed by atoms with van der Waals surface area (Å²) in [7, 11) is 0. The quantitative estimate of drug-likeness (QED) is 0.594. The van der Waals surface area contributed by atoms with E-state index in [2.05, 4.69) is 0 Å². The van der Waals surface area contributed by atoms with Gasteiger partial charge in [-0.15, -0.1) is 0 Å². The molecule has 0 aromatic heterocycles. The Morgan fingerprint density at radius 2 is 1.82 bits per heavy atom. The van der Waals surface area contributed by atoms with Crippen LogP contribution >= 0.6 is 11.6 Å². The zero-order chi connectivity index (χ0) is 16.4. The highest BCUT2D eigenvalue weighted by Crippen LogP contribution is 2.29. The molecule has 0 saturated carbocycles. The van der Waals surface area contributed by atoms with E-state index in [4.69, 9.17) is 21.4 Å². The van der Waals surface area contributed by atoms with Gasteiger partial charge in [-0.1, -0.05) is 11.6 Å². The Bertz CT molecular complexity index is 525. The minimum atomic E-state index is -1.56. The fourth-order valence-electron chi connectivity index (χ4n) is 2.53. The average Bonchev–Trinajstić information content (AvgIpc) is 2.48. The number of hydrogen-bond acceptors (Lipinski definition) is 6. The molecule has 5 atom stereocenters. The number of nitrogens with zero attached hydrogens (tertiary/aromatic N) is 1. The number of aliphatic hydroxyl groups excluding tert-OH is 4. The fraction of sp³-hybridized carbons (Fsp3) is 0.500. The van der Waals surface area contributed by atoms with Crippen LogP contribution in [0.25, 0.3) is 0 Å². The second-order valence-electron chi connectivity index (χ2n) is 5.08. The van der Waals surface area contributed by atoms with Gasteiger partial charge in [0.1, 0.15) is 24.4 Å². The summed E-state index contributed by atoms with van der Waals surface area (Å²) in [5, 5.41) is 39.8. The second-order valence-corrected chi connectivity index (χ2v) is 5.52. The van der Waals surface area contributed by atoms with Crippen molar-refractivity contribution in [2.45, 2.75) is 37.6 Å². The molecule has 1 amide bonds. The van der Waals surface area contributed by atoms with E-state index in [9.17, 15) is 20.1 Å². The molecule has 0 spiro atoms. The summed E-state index contributed by atoms with van der Waals surface area (Å²) in [4.78, 5) is 13.1. The molecule has 4 N–H and O–H groups in total. The third-order valence-corrected chi connectivity index (χ3v) is 3.86. The lowest BCUT2D eigenvalue weighted by Crippen LogP contribution is -2.65. The largest absolute Gasteiger partial charge is 0.394 e. The summed E-state index contributed by atoms with van der Waals surface area (Å²) < 4.78 is 5.08. The van der Waals surface area contributed by atoms with Crippen LogP contribution in [0.3, 0.4) is 0 Å². The lowest BCUT2D eigenvalue weighted by Gasteiger charge is -2.44. The molecule has 1 aliphatic heterocycles. The van der Waals surface area contributed by atoms with Crippen LogP contribution in [-0.4, -0.2) is 63.6 Å². The summed E-state index contributed by atoms with van der Waals surface area (Å²) in [6.45, 7) is 0.696. The van der Waals surface area contributed by atoms with E-state index in [-0.39, 0.29) is 0 Å².